The SMILES string of the molecule is CC(C)SOC(C)(C)S. The molecule has 0 N–H and O–H groups in total. The molecule has 0 saturated heterocycles. The summed E-state index contributed by atoms with van der Waals surface area (Å²) < 4.78 is 5.27. The lowest BCUT2D eigenvalue weighted by molar-refractivity contribution is 0.251. The van der Waals surface area contributed by atoms with E-state index in [1.54, 1.807) is 0 Å². The molecular weight excluding hydrogens is 152 g/mol. The zero-order valence-corrected chi connectivity index (χ0v) is 8.05. The first kappa shape index (κ1) is 9.66. The highest BCUT2D eigenvalue weighted by Gasteiger charge is 2.12. The summed E-state index contributed by atoms with van der Waals surface area (Å²) in [5, 5.41) is 0.511. The van der Waals surface area contributed by atoms with Crippen LogP contribution >= 0.6 is 24.7 Å². The van der Waals surface area contributed by atoms with E-state index in [0.29, 0.717) is 5.25 Å². The fourth-order valence-electron chi connectivity index (χ4n) is 0.214. The van der Waals surface area contributed by atoms with E-state index in [1.165, 1.54) is 12.0 Å². The van der Waals surface area contributed by atoms with Gasteiger partial charge in [0.1, 0.15) is 4.93 Å². The highest BCUT2D eigenvalue weighted by molar-refractivity contribution is 7.95. The van der Waals surface area contributed by atoms with Crippen LogP contribution in [0, 0.1) is 0 Å². The molecule has 0 spiro atoms. The lowest BCUT2D eigenvalue weighted by atomic mass is 10.5. The van der Waals surface area contributed by atoms with Crippen molar-refractivity contribution in [2.24, 2.45) is 0 Å². The monoisotopic (exact) mass is 166 g/mol. The number of hydrogen-bond acceptors (Lipinski definition) is 3. The van der Waals surface area contributed by atoms with E-state index in [9.17, 15) is 0 Å². The summed E-state index contributed by atoms with van der Waals surface area (Å²) >= 11 is 5.65. The topological polar surface area (TPSA) is 9.23 Å². The Morgan fingerprint density at radius 3 is 2.00 bits per heavy atom. The van der Waals surface area contributed by atoms with Crippen LogP contribution in [0.4, 0.5) is 0 Å². The molecule has 0 aliphatic rings. The Hall–Kier alpha value is 0.660. The first-order valence-electron chi connectivity index (χ1n) is 2.98. The maximum Gasteiger partial charge on any atom is 0.120 e. The molecule has 0 saturated carbocycles. The second kappa shape index (κ2) is 3.74. The summed E-state index contributed by atoms with van der Waals surface area (Å²) in [4.78, 5) is -0.311. The van der Waals surface area contributed by atoms with Crippen LogP contribution in [0.1, 0.15) is 27.7 Å². The highest BCUT2D eigenvalue weighted by atomic mass is 32.2. The Labute approximate surface area is 67.2 Å². The second-order valence-corrected chi connectivity index (χ2v) is 5.05. The van der Waals surface area contributed by atoms with Crippen LogP contribution in [0.3, 0.4) is 0 Å². The van der Waals surface area contributed by atoms with Gasteiger partial charge < -0.3 is 0 Å². The van der Waals surface area contributed by atoms with Crippen LogP contribution in [0.2, 0.25) is 0 Å². The third-order valence-corrected chi connectivity index (χ3v) is 1.56. The van der Waals surface area contributed by atoms with Crippen molar-refractivity contribution < 1.29 is 4.18 Å². The normalized spacial score (nSPS) is 12.7. The van der Waals surface area contributed by atoms with E-state index in [1.807, 2.05) is 13.8 Å². The van der Waals surface area contributed by atoms with Crippen LogP contribution in [-0.2, 0) is 4.18 Å². The van der Waals surface area contributed by atoms with Gasteiger partial charge in [-0.05, 0) is 25.9 Å². The van der Waals surface area contributed by atoms with Gasteiger partial charge in [-0.25, -0.2) is 0 Å². The lowest BCUT2D eigenvalue weighted by Crippen LogP contribution is -2.12. The van der Waals surface area contributed by atoms with Crippen LogP contribution in [-0.4, -0.2) is 10.2 Å². The molecule has 0 unspecified atom stereocenters. The van der Waals surface area contributed by atoms with Gasteiger partial charge in [-0.1, -0.05) is 13.8 Å². The summed E-state index contributed by atoms with van der Waals surface area (Å²) in [6, 6.07) is 0. The van der Waals surface area contributed by atoms with E-state index in [0.717, 1.165) is 0 Å². The van der Waals surface area contributed by atoms with E-state index in [4.69, 9.17) is 4.18 Å². The van der Waals surface area contributed by atoms with Gasteiger partial charge in [0.05, 0.1) is 0 Å². The van der Waals surface area contributed by atoms with E-state index in [-0.39, 0.29) is 4.93 Å². The minimum absolute atomic E-state index is 0.311. The molecule has 1 nitrogen and oxygen atoms in total. The fourth-order valence-corrected chi connectivity index (χ4v) is 0.771. The quantitative estimate of drug-likeness (QED) is 0.392. The predicted octanol–water partition coefficient (Wildman–Crippen LogP) is 2.73. The lowest BCUT2D eigenvalue weighted by Gasteiger charge is -2.17. The molecule has 0 bridgehead atoms. The molecular formula is C6H14OS2. The largest absolute Gasteiger partial charge is 0.299 e. The summed E-state index contributed by atoms with van der Waals surface area (Å²) in [6.45, 7) is 8.02. The Balaban J connectivity index is 3.28. The predicted molar refractivity (Wildman–Crippen MR) is 46.9 cm³/mol. The Bertz CT molecular complexity index is 75.6. The average Bonchev–Trinajstić information content (AvgIpc) is 1.59. The van der Waals surface area contributed by atoms with Gasteiger partial charge in [0.25, 0.3) is 0 Å². The van der Waals surface area contributed by atoms with Gasteiger partial charge >= 0.3 is 0 Å². The summed E-state index contributed by atoms with van der Waals surface area (Å²) in [6.07, 6.45) is 0. The Kier molecular flexibility index (Phi) is 4.01. The van der Waals surface area contributed by atoms with Crippen molar-refractivity contribution in [3.8, 4) is 0 Å². The summed E-state index contributed by atoms with van der Waals surface area (Å²) in [5.41, 5.74) is 0. The highest BCUT2D eigenvalue weighted by Crippen LogP contribution is 2.23. The van der Waals surface area contributed by atoms with E-state index >= 15 is 0 Å². The molecule has 0 aromatic heterocycles. The van der Waals surface area contributed by atoms with Gasteiger partial charge in [-0.15, -0.1) is 12.6 Å². The maximum atomic E-state index is 5.27. The number of thiol groups is 1. The first-order chi connectivity index (χ1) is 3.92. The molecule has 0 atom stereocenters. The smallest absolute Gasteiger partial charge is 0.120 e. The van der Waals surface area contributed by atoms with Gasteiger partial charge in [-0.2, -0.15) is 0 Å². The fraction of sp³-hybridized carbons (Fsp3) is 1.00. The average molecular weight is 166 g/mol. The zero-order chi connectivity index (χ0) is 7.49. The second-order valence-electron chi connectivity index (χ2n) is 2.68. The van der Waals surface area contributed by atoms with Crippen molar-refractivity contribution >= 4 is 24.7 Å². The van der Waals surface area contributed by atoms with Gasteiger partial charge in [0.15, 0.2) is 0 Å². The van der Waals surface area contributed by atoms with Crippen molar-refractivity contribution in [3.05, 3.63) is 0 Å². The number of hydrogen-bond donors (Lipinski definition) is 1. The summed E-state index contributed by atoms with van der Waals surface area (Å²) in [7, 11) is 0. The first-order valence-corrected chi connectivity index (χ1v) is 4.24. The molecule has 3 heteroatoms. The minimum atomic E-state index is -0.311. The molecule has 0 fully saturated rings. The Morgan fingerprint density at radius 2 is 1.89 bits per heavy atom. The van der Waals surface area contributed by atoms with Crippen molar-refractivity contribution in [1.82, 2.24) is 0 Å². The molecule has 0 aliphatic heterocycles. The number of rotatable bonds is 3. The molecule has 0 aromatic carbocycles. The van der Waals surface area contributed by atoms with Gasteiger partial charge in [-0.3, -0.25) is 4.18 Å². The zero-order valence-electron chi connectivity index (χ0n) is 6.34. The van der Waals surface area contributed by atoms with E-state index < -0.39 is 0 Å². The molecule has 0 radical (unpaired) electrons. The van der Waals surface area contributed by atoms with Crippen molar-refractivity contribution in [2.45, 2.75) is 37.9 Å². The van der Waals surface area contributed by atoms with Crippen molar-refractivity contribution in [2.75, 3.05) is 0 Å². The minimum Gasteiger partial charge on any atom is -0.299 e. The third kappa shape index (κ3) is 8.66. The van der Waals surface area contributed by atoms with Crippen LogP contribution in [0.25, 0.3) is 0 Å². The van der Waals surface area contributed by atoms with Crippen LogP contribution < -0.4 is 0 Å². The molecule has 0 amide bonds. The Morgan fingerprint density at radius 1 is 1.44 bits per heavy atom. The van der Waals surface area contributed by atoms with Gasteiger partial charge in [0, 0.05) is 5.25 Å². The molecule has 0 aliphatic carbocycles. The molecule has 0 rings (SSSR count). The van der Waals surface area contributed by atoms with Crippen molar-refractivity contribution in [1.29, 1.82) is 0 Å². The standard InChI is InChI=1S/C6H14OS2/c1-5(2)9-7-6(3,4)8/h5,8H,1-4H3. The van der Waals surface area contributed by atoms with Crippen LogP contribution in [0.5, 0.6) is 0 Å². The molecule has 9 heavy (non-hydrogen) atoms. The molecule has 0 aromatic rings. The molecule has 0 heterocycles. The van der Waals surface area contributed by atoms with E-state index in [2.05, 4.69) is 26.5 Å². The third-order valence-electron chi connectivity index (χ3n) is 0.444. The molecule has 56 valence electrons. The maximum absolute atomic E-state index is 5.27. The van der Waals surface area contributed by atoms with Crippen molar-refractivity contribution in [3.63, 3.8) is 0 Å². The van der Waals surface area contributed by atoms with Crippen LogP contribution in [0.15, 0.2) is 0 Å². The summed E-state index contributed by atoms with van der Waals surface area (Å²) in [5.74, 6) is 0. The van der Waals surface area contributed by atoms with Gasteiger partial charge in [0.2, 0.25) is 0 Å².